The van der Waals surface area contributed by atoms with Crippen molar-refractivity contribution < 1.29 is 4.79 Å². The second-order valence-electron chi connectivity index (χ2n) is 8.29. The average molecular weight is 468 g/mol. The molecule has 0 radical (unpaired) electrons. The molecular formula is C29H33N5O. The zero-order chi connectivity index (χ0) is 25.2. The molecule has 0 aliphatic carbocycles. The Kier molecular flexibility index (Phi) is 9.02. The molecule has 4 rings (SSSR count). The molecule has 0 saturated heterocycles. The van der Waals surface area contributed by atoms with Crippen LogP contribution in [0.5, 0.6) is 0 Å². The SMILES string of the molecule is C#Cc1ccc(NC(C)=O)cc1.CCCN(CCC)c1ccc(-c2cccn3nc(C)nc23)cc1. The maximum absolute atomic E-state index is 10.6. The third-order valence-electron chi connectivity index (χ3n) is 5.37. The molecule has 0 saturated carbocycles. The van der Waals surface area contributed by atoms with Gasteiger partial charge in [0, 0.05) is 48.7 Å². The summed E-state index contributed by atoms with van der Waals surface area (Å²) in [4.78, 5) is 17.6. The molecule has 4 aromatic rings. The molecule has 0 fully saturated rings. The predicted molar refractivity (Wildman–Crippen MR) is 145 cm³/mol. The first-order valence-corrected chi connectivity index (χ1v) is 12.0. The van der Waals surface area contributed by atoms with Gasteiger partial charge in [-0.25, -0.2) is 9.50 Å². The summed E-state index contributed by atoms with van der Waals surface area (Å²) in [6.45, 7) is 10.1. The molecule has 1 N–H and O–H groups in total. The van der Waals surface area contributed by atoms with Gasteiger partial charge in [0.25, 0.3) is 0 Å². The minimum atomic E-state index is -0.0801. The largest absolute Gasteiger partial charge is 0.372 e. The van der Waals surface area contributed by atoms with Crippen molar-refractivity contribution in [2.45, 2.75) is 40.5 Å². The predicted octanol–water partition coefficient (Wildman–Crippen LogP) is 5.96. The van der Waals surface area contributed by atoms with E-state index in [-0.39, 0.29) is 5.91 Å². The number of anilines is 2. The Balaban J connectivity index is 0.000000241. The van der Waals surface area contributed by atoms with Crippen molar-refractivity contribution in [3.8, 4) is 23.5 Å². The summed E-state index contributed by atoms with van der Waals surface area (Å²) in [5.74, 6) is 3.21. The zero-order valence-corrected chi connectivity index (χ0v) is 21.0. The number of carbonyl (C=O) groups excluding carboxylic acids is 1. The van der Waals surface area contributed by atoms with E-state index in [1.807, 2.05) is 23.7 Å². The highest BCUT2D eigenvalue weighted by molar-refractivity contribution is 5.88. The number of pyridine rings is 1. The Bertz CT molecular complexity index is 1280. The van der Waals surface area contributed by atoms with Crippen molar-refractivity contribution >= 4 is 22.9 Å². The van der Waals surface area contributed by atoms with Gasteiger partial charge >= 0.3 is 0 Å². The number of hydrogen-bond donors (Lipinski definition) is 1. The number of benzene rings is 2. The molecule has 0 atom stereocenters. The van der Waals surface area contributed by atoms with Crippen molar-refractivity contribution in [2.75, 3.05) is 23.3 Å². The number of terminal acetylenes is 1. The summed E-state index contributed by atoms with van der Waals surface area (Å²) in [5, 5.41) is 7.04. The molecule has 1 amide bonds. The lowest BCUT2D eigenvalue weighted by atomic mass is 10.1. The van der Waals surface area contributed by atoms with E-state index in [4.69, 9.17) is 6.42 Å². The summed E-state index contributed by atoms with van der Waals surface area (Å²) in [6.07, 6.45) is 9.44. The topological polar surface area (TPSA) is 62.5 Å². The van der Waals surface area contributed by atoms with Gasteiger partial charge in [0.2, 0.25) is 5.91 Å². The average Bonchev–Trinajstić information content (AvgIpc) is 3.25. The number of rotatable bonds is 7. The van der Waals surface area contributed by atoms with E-state index in [0.29, 0.717) is 0 Å². The van der Waals surface area contributed by atoms with E-state index < -0.39 is 0 Å². The molecule has 0 spiro atoms. The smallest absolute Gasteiger partial charge is 0.221 e. The van der Waals surface area contributed by atoms with Gasteiger partial charge in [-0.1, -0.05) is 31.9 Å². The second-order valence-corrected chi connectivity index (χ2v) is 8.29. The quantitative estimate of drug-likeness (QED) is 0.341. The molecule has 2 aromatic carbocycles. The standard InChI is InChI=1S/C19H24N4.C10H9NO/c1-4-12-22(13-5-2)17-10-8-16(9-11-17)18-7-6-14-23-19(18)20-15(3)21-23;1-3-9-4-6-10(7-5-9)11-8(2)12/h6-11,14H,4-5,12-13H2,1-3H3;1,4-7H,2H3,(H,11,12). The Morgan fingerprint density at radius 1 is 1.03 bits per heavy atom. The Hall–Kier alpha value is -4.11. The van der Waals surface area contributed by atoms with Crippen molar-refractivity contribution in [2.24, 2.45) is 0 Å². The van der Waals surface area contributed by atoms with Crippen LogP contribution < -0.4 is 10.2 Å². The molecule has 0 unspecified atom stereocenters. The van der Waals surface area contributed by atoms with Gasteiger partial charge in [-0.2, -0.15) is 5.10 Å². The third kappa shape index (κ3) is 6.94. The molecular weight excluding hydrogens is 434 g/mol. The monoisotopic (exact) mass is 467 g/mol. The summed E-state index contributed by atoms with van der Waals surface area (Å²) in [6, 6.07) is 20.0. The first kappa shape index (κ1) is 25.5. The molecule has 2 heterocycles. The lowest BCUT2D eigenvalue weighted by Gasteiger charge is -2.24. The fourth-order valence-corrected chi connectivity index (χ4v) is 3.85. The molecule has 2 aromatic heterocycles. The minimum absolute atomic E-state index is 0.0801. The number of fused-ring (bicyclic) bond motifs is 1. The lowest BCUT2D eigenvalue weighted by Crippen LogP contribution is -2.24. The number of aryl methyl sites for hydroxylation is 1. The normalized spacial score (nSPS) is 10.3. The first-order valence-electron chi connectivity index (χ1n) is 12.0. The summed E-state index contributed by atoms with van der Waals surface area (Å²) < 4.78 is 1.85. The minimum Gasteiger partial charge on any atom is -0.372 e. The van der Waals surface area contributed by atoms with Crippen molar-refractivity contribution in [3.63, 3.8) is 0 Å². The van der Waals surface area contributed by atoms with E-state index in [2.05, 4.69) is 70.4 Å². The molecule has 0 bridgehead atoms. The molecule has 180 valence electrons. The van der Waals surface area contributed by atoms with Gasteiger partial charge in [-0.05, 0) is 73.9 Å². The second kappa shape index (κ2) is 12.4. The fourth-order valence-electron chi connectivity index (χ4n) is 3.85. The first-order chi connectivity index (χ1) is 16.9. The van der Waals surface area contributed by atoms with Crippen LogP contribution in [0.4, 0.5) is 11.4 Å². The summed E-state index contributed by atoms with van der Waals surface area (Å²) >= 11 is 0. The van der Waals surface area contributed by atoms with Gasteiger partial charge in [0.1, 0.15) is 5.82 Å². The van der Waals surface area contributed by atoms with E-state index in [9.17, 15) is 4.79 Å². The third-order valence-corrected chi connectivity index (χ3v) is 5.37. The molecule has 35 heavy (non-hydrogen) atoms. The molecule has 0 aliphatic rings. The fraction of sp³-hybridized carbons (Fsp3) is 0.276. The number of carbonyl (C=O) groups is 1. The van der Waals surface area contributed by atoms with E-state index in [1.54, 1.807) is 24.3 Å². The van der Waals surface area contributed by atoms with Crippen LogP contribution in [0.15, 0.2) is 66.9 Å². The van der Waals surface area contributed by atoms with Crippen LogP contribution in [0.2, 0.25) is 0 Å². The number of amides is 1. The van der Waals surface area contributed by atoms with Crippen LogP contribution in [0, 0.1) is 19.3 Å². The van der Waals surface area contributed by atoms with Crippen molar-refractivity contribution in [1.29, 1.82) is 0 Å². The van der Waals surface area contributed by atoms with E-state index in [0.717, 1.165) is 41.4 Å². The highest BCUT2D eigenvalue weighted by Crippen LogP contribution is 2.26. The van der Waals surface area contributed by atoms with E-state index in [1.165, 1.54) is 31.0 Å². The number of nitrogens with one attached hydrogen (secondary N) is 1. The van der Waals surface area contributed by atoms with Crippen molar-refractivity contribution in [1.82, 2.24) is 14.6 Å². The van der Waals surface area contributed by atoms with Crippen molar-refractivity contribution in [3.05, 3.63) is 78.2 Å². The van der Waals surface area contributed by atoms with Crippen LogP contribution in [0.25, 0.3) is 16.8 Å². The lowest BCUT2D eigenvalue weighted by molar-refractivity contribution is -0.114. The van der Waals surface area contributed by atoms with Gasteiger partial charge < -0.3 is 10.2 Å². The molecule has 6 nitrogen and oxygen atoms in total. The van der Waals surface area contributed by atoms with Crippen LogP contribution in [-0.4, -0.2) is 33.6 Å². The molecule has 6 heteroatoms. The summed E-state index contributed by atoms with van der Waals surface area (Å²) in [7, 11) is 0. The molecule has 0 aliphatic heterocycles. The maximum Gasteiger partial charge on any atom is 0.221 e. The number of hydrogen-bond acceptors (Lipinski definition) is 4. The van der Waals surface area contributed by atoms with Crippen LogP contribution in [0.1, 0.15) is 45.0 Å². The Morgan fingerprint density at radius 2 is 1.69 bits per heavy atom. The van der Waals surface area contributed by atoms with E-state index >= 15 is 0 Å². The van der Waals surface area contributed by atoms with Crippen LogP contribution >= 0.6 is 0 Å². The van der Waals surface area contributed by atoms with Gasteiger partial charge in [-0.3, -0.25) is 4.79 Å². The van der Waals surface area contributed by atoms with Gasteiger partial charge in [0.15, 0.2) is 5.65 Å². The van der Waals surface area contributed by atoms with Crippen LogP contribution in [0.3, 0.4) is 0 Å². The Labute approximate surface area is 208 Å². The highest BCUT2D eigenvalue weighted by atomic mass is 16.1. The summed E-state index contributed by atoms with van der Waals surface area (Å²) in [5.41, 5.74) is 6.08. The zero-order valence-electron chi connectivity index (χ0n) is 21.0. The van der Waals surface area contributed by atoms with Gasteiger partial charge in [-0.15, -0.1) is 6.42 Å². The Morgan fingerprint density at radius 3 is 2.26 bits per heavy atom. The highest BCUT2D eigenvalue weighted by Gasteiger charge is 2.09. The number of nitrogens with zero attached hydrogens (tertiary/aromatic N) is 4. The number of aromatic nitrogens is 3. The van der Waals surface area contributed by atoms with Gasteiger partial charge in [0.05, 0.1) is 0 Å². The van der Waals surface area contributed by atoms with Crippen LogP contribution in [-0.2, 0) is 4.79 Å². The maximum atomic E-state index is 10.6.